The number of sulfonamides is 1. The molecule has 0 fully saturated rings. The standard InChI is InChI=1S/C13H7ClF6N4O2S/c14-11-9(4-22-24(11)13(18,19)20)23-27(25,26)10-5-21-8-3-6(12(15,16)17)1-2-7(8)10/h1-5,21,23H. The first kappa shape index (κ1) is 19.4. The van der Waals surface area contributed by atoms with E-state index in [9.17, 15) is 34.8 Å². The molecule has 2 N–H and O–H groups in total. The van der Waals surface area contributed by atoms with Crippen LogP contribution in [0.4, 0.5) is 32.0 Å². The number of fused-ring (bicyclic) bond motifs is 1. The van der Waals surface area contributed by atoms with Crippen molar-refractivity contribution >= 4 is 38.2 Å². The maximum Gasteiger partial charge on any atom is 0.505 e. The van der Waals surface area contributed by atoms with Crippen LogP contribution in [0.1, 0.15) is 5.56 Å². The SMILES string of the molecule is O=S(=O)(Nc1cnn(C(F)(F)F)c1Cl)c1c[nH]c2cc(C(F)(F)F)ccc12. The highest BCUT2D eigenvalue weighted by atomic mass is 35.5. The Bertz CT molecular complexity index is 1120. The van der Waals surface area contributed by atoms with E-state index in [0.29, 0.717) is 18.3 Å². The Balaban J connectivity index is 2.00. The van der Waals surface area contributed by atoms with Crippen LogP contribution in [0.2, 0.25) is 5.15 Å². The third-order valence-corrected chi connectivity index (χ3v) is 5.22. The van der Waals surface area contributed by atoms with Crippen molar-refractivity contribution in [1.82, 2.24) is 14.8 Å². The zero-order chi connectivity index (χ0) is 20.2. The number of halogens is 7. The third kappa shape index (κ3) is 3.56. The molecule has 146 valence electrons. The van der Waals surface area contributed by atoms with Crippen molar-refractivity contribution in [2.24, 2.45) is 0 Å². The number of alkyl halides is 6. The number of benzene rings is 1. The van der Waals surface area contributed by atoms with Crippen molar-refractivity contribution in [2.45, 2.75) is 17.4 Å². The quantitative estimate of drug-likeness (QED) is 0.605. The van der Waals surface area contributed by atoms with Crippen LogP contribution in [-0.4, -0.2) is 23.2 Å². The summed E-state index contributed by atoms with van der Waals surface area (Å²) in [5, 5.41) is 1.84. The summed E-state index contributed by atoms with van der Waals surface area (Å²) in [5.74, 6) is 0. The lowest BCUT2D eigenvalue weighted by molar-refractivity contribution is -0.212. The van der Waals surface area contributed by atoms with Gasteiger partial charge in [-0.3, -0.25) is 4.72 Å². The normalized spacial score (nSPS) is 13.3. The first-order valence-corrected chi connectivity index (χ1v) is 8.69. The lowest BCUT2D eigenvalue weighted by atomic mass is 10.1. The first-order chi connectivity index (χ1) is 12.3. The summed E-state index contributed by atoms with van der Waals surface area (Å²) in [7, 11) is -4.47. The summed E-state index contributed by atoms with van der Waals surface area (Å²) in [6, 6.07) is 2.33. The van der Waals surface area contributed by atoms with Gasteiger partial charge in [0.15, 0.2) is 5.15 Å². The number of hydrogen-bond donors (Lipinski definition) is 2. The zero-order valence-corrected chi connectivity index (χ0v) is 14.2. The summed E-state index contributed by atoms with van der Waals surface area (Å²) < 4.78 is 102. The van der Waals surface area contributed by atoms with Gasteiger partial charge < -0.3 is 4.98 Å². The van der Waals surface area contributed by atoms with Gasteiger partial charge in [-0.2, -0.15) is 23.0 Å². The summed E-state index contributed by atoms with van der Waals surface area (Å²) in [6.45, 7) is 0. The van der Waals surface area contributed by atoms with Crippen LogP contribution in [0.5, 0.6) is 0 Å². The van der Waals surface area contributed by atoms with Crippen molar-refractivity contribution < 1.29 is 34.8 Å². The van der Waals surface area contributed by atoms with Crippen molar-refractivity contribution in [1.29, 1.82) is 0 Å². The van der Waals surface area contributed by atoms with Crippen LogP contribution in [0.15, 0.2) is 35.5 Å². The van der Waals surface area contributed by atoms with Gasteiger partial charge in [0.2, 0.25) is 0 Å². The number of aromatic nitrogens is 3. The molecule has 0 saturated carbocycles. The van der Waals surface area contributed by atoms with E-state index < -0.39 is 48.5 Å². The van der Waals surface area contributed by atoms with Gasteiger partial charge >= 0.3 is 12.5 Å². The molecule has 0 bridgehead atoms. The van der Waals surface area contributed by atoms with E-state index in [1.54, 1.807) is 0 Å². The van der Waals surface area contributed by atoms with Crippen molar-refractivity contribution in [3.63, 3.8) is 0 Å². The second-order valence-corrected chi connectivity index (χ2v) is 7.25. The van der Waals surface area contributed by atoms with Crippen LogP contribution < -0.4 is 4.72 Å². The average Bonchev–Trinajstić information content (AvgIpc) is 3.09. The molecule has 6 nitrogen and oxygen atoms in total. The molecule has 27 heavy (non-hydrogen) atoms. The molecule has 3 rings (SSSR count). The van der Waals surface area contributed by atoms with E-state index >= 15 is 0 Å². The zero-order valence-electron chi connectivity index (χ0n) is 12.7. The minimum absolute atomic E-state index is 0.0881. The van der Waals surface area contributed by atoms with Gasteiger partial charge in [0.1, 0.15) is 10.6 Å². The second-order valence-electron chi connectivity index (χ2n) is 5.25. The van der Waals surface area contributed by atoms with E-state index in [-0.39, 0.29) is 10.9 Å². The van der Waals surface area contributed by atoms with Gasteiger partial charge in [-0.25, -0.2) is 8.42 Å². The molecule has 0 unspecified atom stereocenters. The number of nitrogens with zero attached hydrogens (tertiary/aromatic N) is 2. The molecule has 0 radical (unpaired) electrons. The van der Waals surface area contributed by atoms with Crippen LogP contribution in [0.3, 0.4) is 0 Å². The molecule has 0 saturated heterocycles. The molecular weight excluding hydrogens is 426 g/mol. The predicted molar refractivity (Wildman–Crippen MR) is 82.6 cm³/mol. The van der Waals surface area contributed by atoms with Gasteiger partial charge in [0, 0.05) is 17.1 Å². The Kier molecular flexibility index (Phi) is 4.34. The minimum Gasteiger partial charge on any atom is -0.360 e. The molecule has 3 aromatic rings. The van der Waals surface area contributed by atoms with Crippen molar-refractivity contribution in [3.05, 3.63) is 41.3 Å². The fraction of sp³-hybridized carbons (Fsp3) is 0.154. The number of rotatable bonds is 3. The van der Waals surface area contributed by atoms with Crippen LogP contribution >= 0.6 is 11.6 Å². The van der Waals surface area contributed by atoms with Gasteiger partial charge in [-0.15, -0.1) is 13.2 Å². The molecule has 14 heteroatoms. The predicted octanol–water partition coefficient (Wildman–Crippen LogP) is 4.31. The van der Waals surface area contributed by atoms with Gasteiger partial charge in [-0.1, -0.05) is 17.7 Å². The maximum absolute atomic E-state index is 12.7. The second kappa shape index (κ2) is 6.05. The van der Waals surface area contributed by atoms with E-state index in [1.165, 1.54) is 0 Å². The van der Waals surface area contributed by atoms with Crippen LogP contribution in [0.25, 0.3) is 10.9 Å². The number of aromatic amines is 1. The van der Waals surface area contributed by atoms with E-state index in [0.717, 1.165) is 12.3 Å². The topological polar surface area (TPSA) is 79.8 Å². The average molecular weight is 433 g/mol. The molecule has 0 aliphatic rings. The van der Waals surface area contributed by atoms with Gasteiger partial charge in [0.05, 0.1) is 11.8 Å². The number of anilines is 1. The van der Waals surface area contributed by atoms with Crippen molar-refractivity contribution in [2.75, 3.05) is 4.72 Å². The summed E-state index contributed by atoms with van der Waals surface area (Å²) in [4.78, 5) is 1.91. The highest BCUT2D eigenvalue weighted by Gasteiger charge is 2.36. The fourth-order valence-electron chi connectivity index (χ4n) is 2.28. The Labute approximate surface area is 151 Å². The molecule has 0 aliphatic heterocycles. The molecular formula is C13H7ClF6N4O2S. The fourth-order valence-corrected chi connectivity index (χ4v) is 3.80. The van der Waals surface area contributed by atoms with Gasteiger partial charge in [0.25, 0.3) is 10.0 Å². The summed E-state index contributed by atoms with van der Waals surface area (Å²) >= 11 is 5.49. The van der Waals surface area contributed by atoms with E-state index in [1.807, 2.05) is 4.72 Å². The molecule has 0 amide bonds. The maximum atomic E-state index is 12.7. The third-order valence-electron chi connectivity index (χ3n) is 3.46. The monoisotopic (exact) mass is 432 g/mol. The van der Waals surface area contributed by atoms with Crippen LogP contribution in [-0.2, 0) is 22.5 Å². The summed E-state index contributed by atoms with van der Waals surface area (Å²) in [5.41, 5.74) is -1.76. The van der Waals surface area contributed by atoms with Gasteiger partial charge in [-0.05, 0) is 12.1 Å². The Morgan fingerprint density at radius 3 is 2.37 bits per heavy atom. The molecule has 0 spiro atoms. The number of hydrogen-bond acceptors (Lipinski definition) is 3. The summed E-state index contributed by atoms with van der Waals surface area (Å²) in [6.07, 6.45) is -8.12. The number of H-pyrrole nitrogens is 1. The largest absolute Gasteiger partial charge is 0.505 e. The Morgan fingerprint density at radius 1 is 1.15 bits per heavy atom. The molecule has 2 heterocycles. The first-order valence-electron chi connectivity index (χ1n) is 6.82. The molecule has 2 aromatic heterocycles. The highest BCUT2D eigenvalue weighted by Crippen LogP contribution is 2.35. The van der Waals surface area contributed by atoms with Crippen LogP contribution in [0, 0.1) is 0 Å². The Hall–Kier alpha value is -2.41. The van der Waals surface area contributed by atoms with E-state index in [4.69, 9.17) is 11.6 Å². The minimum atomic E-state index is -4.96. The molecule has 0 atom stereocenters. The smallest absolute Gasteiger partial charge is 0.360 e. The highest BCUT2D eigenvalue weighted by molar-refractivity contribution is 7.93. The van der Waals surface area contributed by atoms with E-state index in [2.05, 4.69) is 10.1 Å². The van der Waals surface area contributed by atoms with Crippen molar-refractivity contribution in [3.8, 4) is 0 Å². The lowest BCUT2D eigenvalue weighted by Crippen LogP contribution is -2.18. The number of nitrogens with one attached hydrogen (secondary N) is 2. The lowest BCUT2D eigenvalue weighted by Gasteiger charge is -2.09. The molecule has 1 aromatic carbocycles. The molecule has 0 aliphatic carbocycles. The Morgan fingerprint density at radius 2 is 1.81 bits per heavy atom.